The number of carbonyl (C=O) groups is 3. The SMILES string of the molecule is NC(=O)c1ccc(CC(Cc2ccc(C(F)(F)P(=O)(O)O)cc2)(C(=O)OCc2ccccc2)C(=O)OCc2ccccc2)cc1. The monoisotopic (exact) mass is 637 g/mol. The van der Waals surface area contributed by atoms with Gasteiger partial charge in [-0.1, -0.05) is 97.1 Å². The van der Waals surface area contributed by atoms with Crippen molar-refractivity contribution in [2.24, 2.45) is 11.1 Å². The van der Waals surface area contributed by atoms with Crippen LogP contribution in [0.15, 0.2) is 109 Å². The number of benzene rings is 4. The van der Waals surface area contributed by atoms with Gasteiger partial charge in [-0.05, 0) is 47.2 Å². The highest BCUT2D eigenvalue weighted by atomic mass is 31.2. The van der Waals surface area contributed by atoms with E-state index in [4.69, 9.17) is 25.0 Å². The molecule has 0 aliphatic rings. The number of hydrogen-bond acceptors (Lipinski definition) is 6. The van der Waals surface area contributed by atoms with Crippen LogP contribution in [-0.4, -0.2) is 27.6 Å². The number of hydrogen-bond donors (Lipinski definition) is 3. The lowest BCUT2D eigenvalue weighted by atomic mass is 9.76. The zero-order valence-corrected chi connectivity index (χ0v) is 24.7. The lowest BCUT2D eigenvalue weighted by Crippen LogP contribution is -2.45. The number of esters is 2. The maximum atomic E-state index is 14.3. The molecule has 0 spiro atoms. The van der Waals surface area contributed by atoms with E-state index < -0.39 is 42.1 Å². The molecule has 0 radical (unpaired) electrons. The number of carbonyl (C=O) groups excluding carboxylic acids is 3. The molecule has 234 valence electrons. The quantitative estimate of drug-likeness (QED) is 0.102. The Balaban J connectivity index is 1.75. The van der Waals surface area contributed by atoms with Crippen molar-refractivity contribution in [2.45, 2.75) is 31.7 Å². The van der Waals surface area contributed by atoms with Gasteiger partial charge in [0, 0.05) is 11.1 Å². The number of ether oxygens (including phenoxy) is 2. The summed E-state index contributed by atoms with van der Waals surface area (Å²) in [5.41, 5.74) is 0.0619. The van der Waals surface area contributed by atoms with Gasteiger partial charge in [-0.15, -0.1) is 0 Å². The van der Waals surface area contributed by atoms with Crippen molar-refractivity contribution >= 4 is 25.4 Å². The Hall–Kier alpha value is -4.70. The summed E-state index contributed by atoms with van der Waals surface area (Å²) in [5.74, 6) is -2.58. The van der Waals surface area contributed by atoms with E-state index in [9.17, 15) is 27.7 Å². The second-order valence-corrected chi connectivity index (χ2v) is 12.1. The lowest BCUT2D eigenvalue weighted by Gasteiger charge is -2.30. The predicted molar refractivity (Wildman–Crippen MR) is 160 cm³/mol. The van der Waals surface area contributed by atoms with Gasteiger partial charge in [0.25, 0.3) is 0 Å². The molecule has 0 bridgehead atoms. The van der Waals surface area contributed by atoms with Gasteiger partial charge in [0.2, 0.25) is 5.91 Å². The lowest BCUT2D eigenvalue weighted by molar-refractivity contribution is -0.174. The number of rotatable bonds is 13. The van der Waals surface area contributed by atoms with Crippen LogP contribution in [0, 0.1) is 5.41 Å². The maximum Gasteiger partial charge on any atom is 0.399 e. The van der Waals surface area contributed by atoms with E-state index in [0.29, 0.717) is 16.7 Å². The summed E-state index contributed by atoms with van der Waals surface area (Å²) in [4.78, 5) is 57.9. The van der Waals surface area contributed by atoms with E-state index in [2.05, 4.69) is 0 Å². The topological polar surface area (TPSA) is 153 Å². The molecule has 0 aliphatic heterocycles. The van der Waals surface area contributed by atoms with E-state index in [1.807, 2.05) is 0 Å². The number of halogens is 2. The third-order valence-electron chi connectivity index (χ3n) is 7.12. The number of nitrogens with two attached hydrogens (primary N) is 1. The molecule has 0 unspecified atom stereocenters. The van der Waals surface area contributed by atoms with Gasteiger partial charge < -0.3 is 25.0 Å². The predicted octanol–water partition coefficient (Wildman–Crippen LogP) is 5.27. The van der Waals surface area contributed by atoms with Crippen LogP contribution in [0.2, 0.25) is 0 Å². The molecule has 0 aromatic heterocycles. The molecule has 0 saturated carbocycles. The zero-order chi connectivity index (χ0) is 32.7. The third-order valence-corrected chi connectivity index (χ3v) is 8.11. The molecule has 4 aromatic rings. The smallest absolute Gasteiger partial charge is 0.399 e. The van der Waals surface area contributed by atoms with Gasteiger partial charge >= 0.3 is 25.2 Å². The van der Waals surface area contributed by atoms with Crippen LogP contribution < -0.4 is 5.73 Å². The molecule has 0 heterocycles. The van der Waals surface area contributed by atoms with Gasteiger partial charge in [0.15, 0.2) is 5.41 Å². The molecule has 9 nitrogen and oxygen atoms in total. The minimum Gasteiger partial charge on any atom is -0.460 e. The first kappa shape index (κ1) is 33.2. The van der Waals surface area contributed by atoms with E-state index >= 15 is 0 Å². The molecule has 45 heavy (non-hydrogen) atoms. The summed E-state index contributed by atoms with van der Waals surface area (Å²) in [6.45, 7) is -0.358. The number of amides is 1. The Labute approximate surface area is 257 Å². The van der Waals surface area contributed by atoms with E-state index in [0.717, 1.165) is 24.3 Å². The highest BCUT2D eigenvalue weighted by Crippen LogP contribution is 2.59. The Morgan fingerprint density at radius 2 is 1.04 bits per heavy atom. The molecule has 12 heteroatoms. The molecule has 0 atom stereocenters. The standard InChI is InChI=1S/C33H30F2NO8P/c34-33(35,45(40,41)42)28-17-13-24(14-18-28)20-32(19-23-11-15-27(16-12-23)29(36)37,30(38)43-21-25-7-3-1-4-8-25)31(39)44-22-26-9-5-2-6-10-26/h1-18H,19-22H2,(H2,36,37)(H2,40,41,42). The van der Waals surface area contributed by atoms with Gasteiger partial charge in [0.1, 0.15) is 13.2 Å². The molecule has 1 amide bonds. The van der Waals surface area contributed by atoms with Crippen molar-refractivity contribution < 1.29 is 47.0 Å². The van der Waals surface area contributed by atoms with Crippen LogP contribution in [0.25, 0.3) is 0 Å². The fourth-order valence-electron chi connectivity index (χ4n) is 4.63. The first-order chi connectivity index (χ1) is 21.3. The van der Waals surface area contributed by atoms with Gasteiger partial charge in [-0.3, -0.25) is 18.9 Å². The minimum atomic E-state index is -5.83. The summed E-state index contributed by atoms with van der Waals surface area (Å²) < 4.78 is 51.4. The second-order valence-electron chi connectivity index (χ2n) is 10.4. The molecule has 4 N–H and O–H groups in total. The number of alkyl halides is 2. The minimum absolute atomic E-state index is 0.179. The number of primary amides is 1. The molecule has 0 fully saturated rings. The van der Waals surface area contributed by atoms with Crippen LogP contribution >= 0.6 is 7.60 Å². The van der Waals surface area contributed by atoms with Crippen molar-refractivity contribution in [3.8, 4) is 0 Å². The molecular formula is C33H30F2NO8P. The van der Waals surface area contributed by atoms with Gasteiger partial charge in [0.05, 0.1) is 0 Å². The fraction of sp³-hybridized carbons (Fsp3) is 0.182. The molecule has 4 rings (SSSR count). The average Bonchev–Trinajstić information content (AvgIpc) is 3.03. The van der Waals surface area contributed by atoms with Gasteiger partial charge in [-0.25, -0.2) is 0 Å². The largest absolute Gasteiger partial charge is 0.460 e. The highest BCUT2D eigenvalue weighted by molar-refractivity contribution is 7.52. The third kappa shape index (κ3) is 8.07. The Kier molecular flexibility index (Phi) is 10.3. The fourth-order valence-corrected chi connectivity index (χ4v) is 5.12. The summed E-state index contributed by atoms with van der Waals surface area (Å²) in [6, 6.07) is 27.3. The van der Waals surface area contributed by atoms with Crippen LogP contribution in [0.4, 0.5) is 8.78 Å². The van der Waals surface area contributed by atoms with Crippen molar-refractivity contribution in [1.29, 1.82) is 0 Å². The Morgan fingerprint density at radius 1 is 0.644 bits per heavy atom. The first-order valence-electron chi connectivity index (χ1n) is 13.7. The summed E-state index contributed by atoms with van der Waals surface area (Å²) in [6.07, 6.45) is -0.652. The average molecular weight is 638 g/mol. The Morgan fingerprint density at radius 3 is 1.42 bits per heavy atom. The Bertz CT molecular complexity index is 1620. The summed E-state index contributed by atoms with van der Waals surface area (Å²) in [7, 11) is -5.83. The zero-order valence-electron chi connectivity index (χ0n) is 23.8. The van der Waals surface area contributed by atoms with Crippen molar-refractivity contribution in [3.63, 3.8) is 0 Å². The van der Waals surface area contributed by atoms with Crippen LogP contribution in [0.3, 0.4) is 0 Å². The molecule has 4 aromatic carbocycles. The normalized spacial score (nSPS) is 11.9. The van der Waals surface area contributed by atoms with Crippen molar-refractivity contribution in [3.05, 3.63) is 143 Å². The molecular weight excluding hydrogens is 607 g/mol. The summed E-state index contributed by atoms with van der Waals surface area (Å²) in [5, 5.41) is 0. The van der Waals surface area contributed by atoms with Crippen molar-refractivity contribution in [1.82, 2.24) is 0 Å². The van der Waals surface area contributed by atoms with E-state index in [1.54, 1.807) is 60.7 Å². The molecule has 0 aliphatic carbocycles. The van der Waals surface area contributed by atoms with Crippen LogP contribution in [-0.2, 0) is 55.3 Å². The van der Waals surface area contributed by atoms with Gasteiger partial charge in [-0.2, -0.15) is 8.78 Å². The van der Waals surface area contributed by atoms with E-state index in [-0.39, 0.29) is 37.2 Å². The van der Waals surface area contributed by atoms with Crippen LogP contribution in [0.1, 0.15) is 38.2 Å². The maximum absolute atomic E-state index is 14.3. The van der Waals surface area contributed by atoms with Crippen molar-refractivity contribution in [2.75, 3.05) is 0 Å². The van der Waals surface area contributed by atoms with Crippen LogP contribution in [0.5, 0.6) is 0 Å². The molecule has 0 saturated heterocycles. The highest BCUT2D eigenvalue weighted by Gasteiger charge is 2.51. The summed E-state index contributed by atoms with van der Waals surface area (Å²) >= 11 is 0. The second kappa shape index (κ2) is 13.9. The van der Waals surface area contributed by atoms with E-state index in [1.165, 1.54) is 24.3 Å². The first-order valence-corrected chi connectivity index (χ1v) is 15.3.